The van der Waals surface area contributed by atoms with Crippen LogP contribution in [0.2, 0.25) is 0 Å². The summed E-state index contributed by atoms with van der Waals surface area (Å²) in [5, 5.41) is 35.7. The van der Waals surface area contributed by atoms with E-state index in [0.29, 0.717) is 11.3 Å². The first-order chi connectivity index (χ1) is 16.8. The molecule has 1 aromatic carbocycles. The molecule has 1 rings (SSSR count). The molecule has 4 amide bonds. The third-order valence-corrected chi connectivity index (χ3v) is 5.70. The monoisotopic (exact) mass is 527 g/mol. The Morgan fingerprint density at radius 3 is 2.03 bits per heavy atom. The predicted molar refractivity (Wildman–Crippen MR) is 132 cm³/mol. The number of phenolic OH excluding ortho intramolecular Hbond substituents is 1. The van der Waals surface area contributed by atoms with Gasteiger partial charge >= 0.3 is 5.97 Å². The Balaban J connectivity index is 3.14. The van der Waals surface area contributed by atoms with Gasteiger partial charge in [-0.3, -0.25) is 19.2 Å². The average Bonchev–Trinajstić information content (AvgIpc) is 2.79. The Morgan fingerprint density at radius 2 is 1.53 bits per heavy atom. The van der Waals surface area contributed by atoms with Gasteiger partial charge in [-0.15, -0.1) is 0 Å². The van der Waals surface area contributed by atoms with Crippen molar-refractivity contribution in [3.8, 4) is 5.75 Å². The van der Waals surface area contributed by atoms with Crippen LogP contribution in [-0.4, -0.2) is 87.2 Å². The van der Waals surface area contributed by atoms with E-state index in [1.807, 2.05) is 0 Å². The van der Waals surface area contributed by atoms with Crippen molar-refractivity contribution >= 4 is 41.4 Å². The van der Waals surface area contributed by atoms with Crippen LogP contribution in [0.5, 0.6) is 5.75 Å². The van der Waals surface area contributed by atoms with Gasteiger partial charge in [0.15, 0.2) is 6.04 Å². The highest BCUT2D eigenvalue weighted by molar-refractivity contribution is 7.98. The molecule has 0 heterocycles. The molecule has 0 spiro atoms. The van der Waals surface area contributed by atoms with Gasteiger partial charge in [-0.1, -0.05) is 12.1 Å². The van der Waals surface area contributed by atoms with E-state index >= 15 is 0 Å². The van der Waals surface area contributed by atoms with E-state index < -0.39 is 66.3 Å². The molecule has 0 radical (unpaired) electrons. The molecule has 14 heteroatoms. The van der Waals surface area contributed by atoms with Crippen LogP contribution in [0.4, 0.5) is 0 Å². The number of nitrogens with two attached hydrogens (primary N) is 2. The lowest BCUT2D eigenvalue weighted by Crippen LogP contribution is -2.59. The molecular formula is C22H33N5O8S. The summed E-state index contributed by atoms with van der Waals surface area (Å²) in [7, 11) is 0. The number of benzene rings is 1. The van der Waals surface area contributed by atoms with Crippen LogP contribution in [0.1, 0.15) is 25.3 Å². The normalized spacial score (nSPS) is 15.0. The van der Waals surface area contributed by atoms with E-state index in [1.165, 1.54) is 43.0 Å². The number of carbonyl (C=O) groups is 5. The zero-order chi connectivity index (χ0) is 27.4. The first kappa shape index (κ1) is 30.7. The number of primary amides is 1. The summed E-state index contributed by atoms with van der Waals surface area (Å²) in [4.78, 5) is 60.9. The second kappa shape index (κ2) is 14.9. The standard InChI is InChI=1S/C22H33N5O8S/c1-11(28)18(22(34)35)27-21(33)16(9-12-3-5-13(29)6-4-12)26-20(32)15(7-8-36-2)25-19(31)14(23)10-17(24)30/h3-6,11,14-16,18,28-29H,7-10,23H2,1-2H3,(H2,24,30)(H,25,31)(H,26,32)(H,27,33)(H,34,35). The van der Waals surface area contributed by atoms with E-state index in [0.717, 1.165) is 0 Å². The smallest absolute Gasteiger partial charge is 0.328 e. The van der Waals surface area contributed by atoms with Crippen molar-refractivity contribution in [1.29, 1.82) is 0 Å². The lowest BCUT2D eigenvalue weighted by molar-refractivity contribution is -0.145. The number of nitrogens with one attached hydrogen (secondary N) is 3. The number of phenols is 1. The van der Waals surface area contributed by atoms with Gasteiger partial charge in [-0.05, 0) is 43.0 Å². The van der Waals surface area contributed by atoms with Crippen LogP contribution in [0.15, 0.2) is 24.3 Å². The van der Waals surface area contributed by atoms with Crippen LogP contribution >= 0.6 is 11.8 Å². The van der Waals surface area contributed by atoms with Crippen LogP contribution in [0.3, 0.4) is 0 Å². The fraction of sp³-hybridized carbons (Fsp3) is 0.500. The van der Waals surface area contributed by atoms with E-state index in [-0.39, 0.29) is 18.6 Å². The van der Waals surface area contributed by atoms with Crippen LogP contribution < -0.4 is 27.4 Å². The molecule has 1 aromatic rings. The molecule has 0 aliphatic rings. The second-order valence-electron chi connectivity index (χ2n) is 8.12. The topological polar surface area (TPSA) is 234 Å². The van der Waals surface area contributed by atoms with Gasteiger partial charge in [0.1, 0.15) is 17.8 Å². The third kappa shape index (κ3) is 10.5. The Bertz CT molecular complexity index is 928. The minimum Gasteiger partial charge on any atom is -0.508 e. The van der Waals surface area contributed by atoms with Gasteiger partial charge in [-0.25, -0.2) is 4.79 Å². The van der Waals surface area contributed by atoms with Crippen molar-refractivity contribution in [3.63, 3.8) is 0 Å². The maximum absolute atomic E-state index is 13.1. The summed E-state index contributed by atoms with van der Waals surface area (Å²) >= 11 is 1.40. The van der Waals surface area contributed by atoms with E-state index in [1.54, 1.807) is 6.26 Å². The molecule has 0 bridgehead atoms. The van der Waals surface area contributed by atoms with Gasteiger partial charge in [-0.2, -0.15) is 11.8 Å². The summed E-state index contributed by atoms with van der Waals surface area (Å²) < 4.78 is 0. The Hall–Kier alpha value is -3.36. The molecule has 200 valence electrons. The molecule has 0 aliphatic heterocycles. The Morgan fingerprint density at radius 1 is 0.972 bits per heavy atom. The third-order valence-electron chi connectivity index (χ3n) is 5.06. The number of hydrogen-bond acceptors (Lipinski definition) is 9. The molecule has 0 saturated heterocycles. The SMILES string of the molecule is CSCCC(NC(=O)C(N)CC(N)=O)C(=O)NC(Cc1ccc(O)cc1)C(=O)NC(C(=O)O)C(C)O. The Labute approximate surface area is 212 Å². The van der Waals surface area contributed by atoms with Gasteiger partial charge in [0.25, 0.3) is 0 Å². The number of carbonyl (C=O) groups excluding carboxylic acids is 4. The lowest BCUT2D eigenvalue weighted by Gasteiger charge is -2.26. The molecule has 10 N–H and O–H groups in total. The van der Waals surface area contributed by atoms with E-state index in [4.69, 9.17) is 11.5 Å². The minimum atomic E-state index is -1.63. The lowest BCUT2D eigenvalue weighted by atomic mass is 10.0. The van der Waals surface area contributed by atoms with Crippen LogP contribution in [0, 0.1) is 0 Å². The molecule has 5 atom stereocenters. The predicted octanol–water partition coefficient (Wildman–Crippen LogP) is -2.19. The largest absolute Gasteiger partial charge is 0.508 e. The maximum atomic E-state index is 13.1. The summed E-state index contributed by atoms with van der Waals surface area (Å²) in [6.07, 6.45) is 0.0235. The molecule has 0 saturated carbocycles. The highest BCUT2D eigenvalue weighted by atomic mass is 32.2. The van der Waals surface area contributed by atoms with Crippen molar-refractivity contribution in [2.45, 2.75) is 56.5 Å². The number of amides is 4. The van der Waals surface area contributed by atoms with Crippen molar-refractivity contribution < 1.29 is 39.3 Å². The number of carboxylic acid groups (broad SMARTS) is 1. The summed E-state index contributed by atoms with van der Waals surface area (Å²) in [5.41, 5.74) is 11.3. The highest BCUT2D eigenvalue weighted by Crippen LogP contribution is 2.12. The van der Waals surface area contributed by atoms with Crippen molar-refractivity contribution in [1.82, 2.24) is 16.0 Å². The van der Waals surface area contributed by atoms with Crippen molar-refractivity contribution in [2.24, 2.45) is 11.5 Å². The van der Waals surface area contributed by atoms with Crippen LogP contribution in [-0.2, 0) is 30.4 Å². The quantitative estimate of drug-likeness (QED) is 0.123. The average molecular weight is 528 g/mol. The summed E-state index contributed by atoms with van der Waals surface area (Å²) in [5.74, 6) is -4.23. The molecule has 0 fully saturated rings. The molecule has 0 aliphatic carbocycles. The number of thioether (sulfide) groups is 1. The fourth-order valence-electron chi connectivity index (χ4n) is 3.08. The fourth-order valence-corrected chi connectivity index (χ4v) is 3.56. The zero-order valence-electron chi connectivity index (χ0n) is 20.0. The number of hydrogen-bond donors (Lipinski definition) is 8. The first-order valence-corrected chi connectivity index (χ1v) is 12.4. The number of carboxylic acids is 1. The minimum absolute atomic E-state index is 0.0176. The number of rotatable bonds is 15. The number of aliphatic hydroxyl groups is 1. The Kier molecular flexibility index (Phi) is 12.7. The number of aliphatic carboxylic acids is 1. The van der Waals surface area contributed by atoms with Gasteiger partial charge in [0, 0.05) is 6.42 Å². The molecular weight excluding hydrogens is 494 g/mol. The van der Waals surface area contributed by atoms with Crippen LogP contribution in [0.25, 0.3) is 0 Å². The van der Waals surface area contributed by atoms with E-state index in [2.05, 4.69) is 16.0 Å². The van der Waals surface area contributed by atoms with E-state index in [9.17, 15) is 39.3 Å². The molecule has 13 nitrogen and oxygen atoms in total. The van der Waals surface area contributed by atoms with Gasteiger partial charge in [0.05, 0.1) is 18.6 Å². The van der Waals surface area contributed by atoms with Crippen molar-refractivity contribution in [3.05, 3.63) is 29.8 Å². The maximum Gasteiger partial charge on any atom is 0.328 e. The zero-order valence-corrected chi connectivity index (χ0v) is 20.8. The highest BCUT2D eigenvalue weighted by Gasteiger charge is 2.32. The second-order valence-corrected chi connectivity index (χ2v) is 9.10. The number of aromatic hydroxyl groups is 1. The molecule has 36 heavy (non-hydrogen) atoms. The first-order valence-electron chi connectivity index (χ1n) is 11.0. The van der Waals surface area contributed by atoms with Crippen molar-refractivity contribution in [2.75, 3.05) is 12.0 Å². The summed E-state index contributed by atoms with van der Waals surface area (Å²) in [6.45, 7) is 1.19. The molecule has 0 aromatic heterocycles. The van der Waals surface area contributed by atoms with Gasteiger partial charge in [0.2, 0.25) is 23.6 Å². The molecule has 5 unspecified atom stereocenters. The van der Waals surface area contributed by atoms with Gasteiger partial charge < -0.3 is 42.7 Å². The number of aliphatic hydroxyl groups excluding tert-OH is 1. The summed E-state index contributed by atoms with van der Waals surface area (Å²) in [6, 6.07) is 0.470.